The van der Waals surface area contributed by atoms with Crippen molar-refractivity contribution in [2.24, 2.45) is 0 Å². The van der Waals surface area contributed by atoms with Gasteiger partial charge in [0, 0.05) is 24.1 Å². The van der Waals surface area contributed by atoms with Crippen LogP contribution < -0.4 is 14.8 Å². The summed E-state index contributed by atoms with van der Waals surface area (Å²) in [6.45, 7) is 4.72. The monoisotopic (exact) mass is 462 g/mol. The van der Waals surface area contributed by atoms with Gasteiger partial charge < -0.3 is 24.8 Å². The summed E-state index contributed by atoms with van der Waals surface area (Å²) in [7, 11) is 1.65. The molecule has 2 N–H and O–H groups in total. The van der Waals surface area contributed by atoms with Gasteiger partial charge in [-0.1, -0.05) is 40.5 Å². The summed E-state index contributed by atoms with van der Waals surface area (Å²) >= 11 is 3.44. The lowest BCUT2D eigenvalue weighted by Gasteiger charge is -2.28. The molecule has 2 aromatic carbocycles. The Kier molecular flexibility index (Phi) is 8.80. The summed E-state index contributed by atoms with van der Waals surface area (Å²) in [5, 5.41) is 13.6. The predicted molar refractivity (Wildman–Crippen MR) is 119 cm³/mol. The van der Waals surface area contributed by atoms with Crippen LogP contribution in [0.2, 0.25) is 0 Å². The molecule has 158 valence electrons. The second-order valence-electron chi connectivity index (χ2n) is 7.55. The third-order valence-electron chi connectivity index (χ3n) is 5.16. The Morgan fingerprint density at radius 2 is 1.76 bits per heavy atom. The number of β-amino-alcohol motifs (C(OH)–C–C–N with tert-alkyl or cyclic N) is 1. The molecule has 1 atom stereocenters. The largest absolute Gasteiger partial charge is 0.493 e. The zero-order valence-electron chi connectivity index (χ0n) is 17.1. The highest BCUT2D eigenvalue weighted by Gasteiger charge is 2.14. The molecule has 1 unspecified atom stereocenters. The van der Waals surface area contributed by atoms with Crippen LogP contribution in [0, 0.1) is 0 Å². The summed E-state index contributed by atoms with van der Waals surface area (Å²) in [5.41, 5.74) is 2.20. The first-order valence-electron chi connectivity index (χ1n) is 10.3. The van der Waals surface area contributed by atoms with Crippen molar-refractivity contribution < 1.29 is 14.6 Å². The molecular formula is C23H31BrN2O3. The minimum Gasteiger partial charge on any atom is -0.493 e. The van der Waals surface area contributed by atoms with Crippen molar-refractivity contribution in [3.05, 3.63) is 58.1 Å². The number of rotatable bonds is 10. The van der Waals surface area contributed by atoms with Gasteiger partial charge in [-0.15, -0.1) is 0 Å². The number of nitrogens with one attached hydrogen (secondary N) is 1. The molecule has 0 radical (unpaired) electrons. The first kappa shape index (κ1) is 22.1. The van der Waals surface area contributed by atoms with E-state index in [0.29, 0.717) is 19.7 Å². The van der Waals surface area contributed by atoms with Crippen molar-refractivity contribution in [1.82, 2.24) is 10.2 Å². The molecule has 1 saturated heterocycles. The fraction of sp³-hybridized carbons (Fsp3) is 0.478. The van der Waals surface area contributed by atoms with E-state index in [1.807, 2.05) is 42.5 Å². The van der Waals surface area contributed by atoms with E-state index < -0.39 is 0 Å². The molecule has 0 bridgehead atoms. The van der Waals surface area contributed by atoms with Crippen molar-refractivity contribution in [3.8, 4) is 11.5 Å². The number of methoxy groups -OCH3 is 1. The molecule has 6 heteroatoms. The number of aliphatic hydroxyl groups excluding tert-OH is 1. The second kappa shape index (κ2) is 11.6. The molecule has 0 amide bonds. The lowest BCUT2D eigenvalue weighted by Crippen LogP contribution is -2.40. The maximum atomic E-state index is 10.3. The van der Waals surface area contributed by atoms with Gasteiger partial charge >= 0.3 is 0 Å². The zero-order chi connectivity index (χ0) is 20.5. The van der Waals surface area contributed by atoms with Gasteiger partial charge in [-0.3, -0.25) is 0 Å². The topological polar surface area (TPSA) is 54.0 Å². The van der Waals surface area contributed by atoms with E-state index in [1.54, 1.807) is 7.11 Å². The maximum Gasteiger partial charge on any atom is 0.161 e. The molecule has 5 nitrogen and oxygen atoms in total. The zero-order valence-corrected chi connectivity index (χ0v) is 18.7. The Bertz CT molecular complexity index is 748. The lowest BCUT2D eigenvalue weighted by atomic mass is 10.1. The molecule has 1 fully saturated rings. The normalized spacial score (nSPS) is 15.8. The molecule has 0 aliphatic carbocycles. The van der Waals surface area contributed by atoms with Gasteiger partial charge in [0.1, 0.15) is 6.61 Å². The van der Waals surface area contributed by atoms with Crippen molar-refractivity contribution in [2.45, 2.75) is 38.5 Å². The lowest BCUT2D eigenvalue weighted by molar-refractivity contribution is 0.1000. The number of nitrogens with zero attached hydrogens (tertiary/aromatic N) is 1. The molecule has 1 heterocycles. The third-order valence-corrected chi connectivity index (χ3v) is 5.69. The molecule has 0 aromatic heterocycles. The van der Waals surface area contributed by atoms with E-state index in [-0.39, 0.29) is 6.10 Å². The van der Waals surface area contributed by atoms with Gasteiger partial charge in [-0.2, -0.15) is 0 Å². The SMILES string of the molecule is COc1cc(CNCC(O)CN2CCCCC2)ccc1OCc1ccc(Br)cc1. The van der Waals surface area contributed by atoms with Crippen LogP contribution in [0.25, 0.3) is 0 Å². The average Bonchev–Trinajstić information content (AvgIpc) is 2.74. The fourth-order valence-electron chi connectivity index (χ4n) is 3.57. The van der Waals surface area contributed by atoms with E-state index >= 15 is 0 Å². The van der Waals surface area contributed by atoms with E-state index in [9.17, 15) is 5.11 Å². The van der Waals surface area contributed by atoms with Crippen LogP contribution in [0.5, 0.6) is 11.5 Å². The highest BCUT2D eigenvalue weighted by atomic mass is 79.9. The molecule has 1 aliphatic rings. The summed E-state index contributed by atoms with van der Waals surface area (Å²) in [5.74, 6) is 1.44. The molecule has 0 spiro atoms. The van der Waals surface area contributed by atoms with Gasteiger partial charge in [-0.05, 0) is 61.3 Å². The molecular weight excluding hydrogens is 432 g/mol. The molecule has 1 aliphatic heterocycles. The standard InChI is InChI=1S/C23H31BrN2O3/c1-28-23-13-19(14-25-15-21(27)16-26-11-3-2-4-12-26)7-10-22(23)29-17-18-5-8-20(24)9-6-18/h5-10,13,21,25,27H,2-4,11-12,14-17H2,1H3. The summed E-state index contributed by atoms with van der Waals surface area (Å²) in [4.78, 5) is 2.36. The number of likely N-dealkylation sites (tertiary alicyclic amines) is 1. The number of aliphatic hydroxyl groups is 1. The molecule has 0 saturated carbocycles. The fourth-order valence-corrected chi connectivity index (χ4v) is 3.83. The predicted octanol–water partition coefficient (Wildman–Crippen LogP) is 3.97. The van der Waals surface area contributed by atoms with Crippen molar-refractivity contribution in [1.29, 1.82) is 0 Å². The number of piperidine rings is 1. The number of ether oxygens (including phenoxy) is 2. The van der Waals surface area contributed by atoms with Crippen molar-refractivity contribution >= 4 is 15.9 Å². The van der Waals surface area contributed by atoms with Crippen LogP contribution >= 0.6 is 15.9 Å². The van der Waals surface area contributed by atoms with Crippen molar-refractivity contribution in [3.63, 3.8) is 0 Å². The Labute approximate surface area is 182 Å². The van der Waals surface area contributed by atoms with Crippen molar-refractivity contribution in [2.75, 3.05) is 33.3 Å². The Balaban J connectivity index is 1.45. The van der Waals surface area contributed by atoms with Gasteiger partial charge in [0.2, 0.25) is 0 Å². The smallest absolute Gasteiger partial charge is 0.161 e. The second-order valence-corrected chi connectivity index (χ2v) is 8.46. The van der Waals surface area contributed by atoms with Crippen LogP contribution in [0.15, 0.2) is 46.9 Å². The minimum absolute atomic E-state index is 0.344. The number of hydrogen-bond acceptors (Lipinski definition) is 5. The van der Waals surface area contributed by atoms with Gasteiger partial charge in [0.15, 0.2) is 11.5 Å². The van der Waals surface area contributed by atoms with Gasteiger partial charge in [0.25, 0.3) is 0 Å². The molecule has 29 heavy (non-hydrogen) atoms. The highest BCUT2D eigenvalue weighted by molar-refractivity contribution is 9.10. The van der Waals surface area contributed by atoms with Crippen LogP contribution in [-0.4, -0.2) is 49.4 Å². The number of hydrogen-bond donors (Lipinski definition) is 2. The maximum absolute atomic E-state index is 10.3. The van der Waals surface area contributed by atoms with E-state index in [4.69, 9.17) is 9.47 Å². The first-order valence-corrected chi connectivity index (χ1v) is 11.1. The Hall–Kier alpha value is -1.60. The van der Waals surface area contributed by atoms with Crippen LogP contribution in [0.3, 0.4) is 0 Å². The summed E-state index contributed by atoms with van der Waals surface area (Å²) < 4.78 is 12.5. The first-order chi connectivity index (χ1) is 14.1. The molecule has 2 aromatic rings. The van der Waals surface area contributed by atoms with Crippen LogP contribution in [-0.2, 0) is 13.2 Å². The van der Waals surface area contributed by atoms with E-state index in [2.05, 4.69) is 26.1 Å². The van der Waals surface area contributed by atoms with Crippen LogP contribution in [0.4, 0.5) is 0 Å². The van der Waals surface area contributed by atoms with Crippen LogP contribution in [0.1, 0.15) is 30.4 Å². The number of benzene rings is 2. The Morgan fingerprint density at radius 3 is 2.48 bits per heavy atom. The van der Waals surface area contributed by atoms with Gasteiger partial charge in [0.05, 0.1) is 13.2 Å². The number of halogens is 1. The highest BCUT2D eigenvalue weighted by Crippen LogP contribution is 2.29. The molecule has 3 rings (SSSR count). The average molecular weight is 463 g/mol. The van der Waals surface area contributed by atoms with Gasteiger partial charge in [-0.25, -0.2) is 0 Å². The quantitative estimate of drug-likeness (QED) is 0.559. The van der Waals surface area contributed by atoms with E-state index in [1.165, 1.54) is 19.3 Å². The minimum atomic E-state index is -0.344. The third kappa shape index (κ3) is 7.30. The summed E-state index contributed by atoms with van der Waals surface area (Å²) in [6, 6.07) is 14.0. The summed E-state index contributed by atoms with van der Waals surface area (Å²) in [6.07, 6.45) is 3.46. The van der Waals surface area contributed by atoms with E-state index in [0.717, 1.165) is 46.7 Å². The Morgan fingerprint density at radius 1 is 1.03 bits per heavy atom.